The Morgan fingerprint density at radius 2 is 2.11 bits per heavy atom. The van der Waals surface area contributed by atoms with E-state index in [9.17, 15) is 14.4 Å². The Labute approximate surface area is 111 Å². The molecular weight excluding hydrogens is 250 g/mol. The molecule has 1 saturated heterocycles. The first-order chi connectivity index (χ1) is 8.97. The minimum atomic E-state index is -1.16. The molecule has 0 radical (unpaired) electrons. The van der Waals surface area contributed by atoms with Gasteiger partial charge in [0, 0.05) is 6.54 Å². The van der Waals surface area contributed by atoms with Gasteiger partial charge in [-0.15, -0.1) is 6.42 Å². The second-order valence-electron chi connectivity index (χ2n) is 4.34. The summed E-state index contributed by atoms with van der Waals surface area (Å²) in [6, 6.07) is -1.24. The minimum Gasteiger partial charge on any atom is -0.480 e. The summed E-state index contributed by atoms with van der Waals surface area (Å²) in [5.41, 5.74) is 5.26. The number of primary amides is 1. The van der Waals surface area contributed by atoms with E-state index < -0.39 is 30.5 Å². The molecule has 104 valence electrons. The highest BCUT2D eigenvalue weighted by Crippen LogP contribution is 2.18. The van der Waals surface area contributed by atoms with Gasteiger partial charge in [0.15, 0.2) is 0 Å². The van der Waals surface area contributed by atoms with Gasteiger partial charge < -0.3 is 20.6 Å². The number of amides is 3. The summed E-state index contributed by atoms with van der Waals surface area (Å²) >= 11 is 0. The number of urea groups is 1. The molecule has 0 spiro atoms. The lowest BCUT2D eigenvalue weighted by molar-refractivity contribution is -0.137. The molecule has 0 bridgehead atoms. The van der Waals surface area contributed by atoms with Gasteiger partial charge in [0.1, 0.15) is 12.6 Å². The maximum absolute atomic E-state index is 12.2. The van der Waals surface area contributed by atoms with Gasteiger partial charge in [-0.2, -0.15) is 0 Å². The Morgan fingerprint density at radius 1 is 1.42 bits per heavy atom. The van der Waals surface area contributed by atoms with Crippen molar-refractivity contribution in [3.63, 3.8) is 0 Å². The largest absolute Gasteiger partial charge is 0.480 e. The highest BCUT2D eigenvalue weighted by molar-refractivity contribution is 5.87. The summed E-state index contributed by atoms with van der Waals surface area (Å²) < 4.78 is 0. The molecule has 7 nitrogen and oxygen atoms in total. The Kier molecular flexibility index (Phi) is 5.18. The molecule has 0 aromatic rings. The van der Waals surface area contributed by atoms with Crippen LogP contribution in [0.25, 0.3) is 0 Å². The number of hydrogen-bond acceptors (Lipinski definition) is 3. The first-order valence-electron chi connectivity index (χ1n) is 5.97. The molecule has 1 atom stereocenters. The number of piperidine rings is 1. The zero-order valence-corrected chi connectivity index (χ0v) is 10.5. The van der Waals surface area contributed by atoms with Crippen LogP contribution < -0.4 is 5.73 Å². The van der Waals surface area contributed by atoms with Gasteiger partial charge in [-0.1, -0.05) is 5.92 Å². The molecule has 0 saturated carbocycles. The van der Waals surface area contributed by atoms with Crippen molar-refractivity contribution in [1.82, 2.24) is 9.80 Å². The Hall–Kier alpha value is -2.23. The van der Waals surface area contributed by atoms with Crippen LogP contribution in [0, 0.1) is 12.3 Å². The van der Waals surface area contributed by atoms with Crippen LogP contribution in [0.3, 0.4) is 0 Å². The average Bonchev–Trinajstić information content (AvgIpc) is 2.37. The lowest BCUT2D eigenvalue weighted by Gasteiger charge is -2.36. The second-order valence-corrected chi connectivity index (χ2v) is 4.34. The third-order valence-corrected chi connectivity index (χ3v) is 2.96. The van der Waals surface area contributed by atoms with E-state index in [2.05, 4.69) is 5.92 Å². The van der Waals surface area contributed by atoms with Gasteiger partial charge >= 0.3 is 12.0 Å². The molecule has 3 amide bonds. The van der Waals surface area contributed by atoms with E-state index >= 15 is 0 Å². The summed E-state index contributed by atoms with van der Waals surface area (Å²) in [5.74, 6) is 0.500. The van der Waals surface area contributed by atoms with Crippen molar-refractivity contribution in [3.8, 4) is 12.3 Å². The fourth-order valence-electron chi connectivity index (χ4n) is 2.10. The van der Waals surface area contributed by atoms with Gasteiger partial charge in [0.2, 0.25) is 5.91 Å². The van der Waals surface area contributed by atoms with Crippen molar-refractivity contribution in [2.24, 2.45) is 5.73 Å². The minimum absolute atomic E-state index is 0.118. The molecule has 1 heterocycles. The number of nitrogens with zero attached hydrogens (tertiary/aromatic N) is 2. The Morgan fingerprint density at radius 3 is 2.63 bits per heavy atom. The molecule has 3 N–H and O–H groups in total. The molecule has 0 aliphatic carbocycles. The fourth-order valence-corrected chi connectivity index (χ4v) is 2.10. The Bertz CT molecular complexity index is 416. The number of carbonyl (C=O) groups excluding carboxylic acids is 2. The topological polar surface area (TPSA) is 104 Å². The van der Waals surface area contributed by atoms with Crippen molar-refractivity contribution in [2.45, 2.75) is 25.3 Å². The second kappa shape index (κ2) is 6.64. The monoisotopic (exact) mass is 267 g/mol. The van der Waals surface area contributed by atoms with Crippen LogP contribution in [0.15, 0.2) is 0 Å². The van der Waals surface area contributed by atoms with E-state index in [1.807, 2.05) is 0 Å². The van der Waals surface area contributed by atoms with E-state index in [1.54, 1.807) is 0 Å². The molecule has 1 unspecified atom stereocenters. The van der Waals surface area contributed by atoms with E-state index in [1.165, 1.54) is 4.90 Å². The van der Waals surface area contributed by atoms with Crippen LogP contribution in [0.2, 0.25) is 0 Å². The van der Waals surface area contributed by atoms with Crippen molar-refractivity contribution in [2.75, 3.05) is 19.6 Å². The van der Waals surface area contributed by atoms with Crippen LogP contribution >= 0.6 is 0 Å². The number of rotatable bonds is 4. The van der Waals surface area contributed by atoms with Crippen molar-refractivity contribution in [1.29, 1.82) is 0 Å². The zero-order valence-electron chi connectivity index (χ0n) is 10.5. The molecule has 19 heavy (non-hydrogen) atoms. The smallest absolute Gasteiger partial charge is 0.323 e. The first-order valence-corrected chi connectivity index (χ1v) is 5.97. The summed E-state index contributed by atoms with van der Waals surface area (Å²) in [4.78, 5) is 36.6. The van der Waals surface area contributed by atoms with Crippen molar-refractivity contribution >= 4 is 17.9 Å². The zero-order chi connectivity index (χ0) is 14.4. The number of carbonyl (C=O) groups is 3. The molecule has 7 heteroatoms. The van der Waals surface area contributed by atoms with Crippen LogP contribution in [0.1, 0.15) is 19.3 Å². The maximum atomic E-state index is 12.2. The molecule has 1 fully saturated rings. The van der Waals surface area contributed by atoms with Crippen LogP contribution in [0.4, 0.5) is 4.79 Å². The Balaban J connectivity index is 2.84. The van der Waals surface area contributed by atoms with Gasteiger partial charge in [-0.25, -0.2) is 4.79 Å². The molecule has 0 aromatic carbocycles. The average molecular weight is 267 g/mol. The van der Waals surface area contributed by atoms with Crippen LogP contribution in [0.5, 0.6) is 0 Å². The van der Waals surface area contributed by atoms with E-state index in [0.717, 1.165) is 17.7 Å². The van der Waals surface area contributed by atoms with Gasteiger partial charge in [-0.05, 0) is 19.3 Å². The summed E-state index contributed by atoms with van der Waals surface area (Å²) in [5, 5.41) is 8.76. The summed E-state index contributed by atoms with van der Waals surface area (Å²) in [6.07, 6.45) is 7.19. The van der Waals surface area contributed by atoms with Gasteiger partial charge in [-0.3, -0.25) is 9.59 Å². The summed E-state index contributed by atoms with van der Waals surface area (Å²) in [7, 11) is 0. The van der Waals surface area contributed by atoms with Crippen molar-refractivity contribution in [3.05, 3.63) is 0 Å². The van der Waals surface area contributed by atoms with Crippen LogP contribution in [-0.2, 0) is 9.59 Å². The fraction of sp³-hybridized carbons (Fsp3) is 0.583. The molecule has 1 rings (SSSR count). The van der Waals surface area contributed by atoms with Crippen molar-refractivity contribution < 1.29 is 19.5 Å². The lowest BCUT2D eigenvalue weighted by Crippen LogP contribution is -2.55. The van der Waals surface area contributed by atoms with Gasteiger partial charge in [0.05, 0.1) is 6.54 Å². The number of likely N-dealkylation sites (tertiary alicyclic amines) is 1. The highest BCUT2D eigenvalue weighted by Gasteiger charge is 2.33. The number of carboxylic acids is 1. The molecule has 0 aromatic heterocycles. The maximum Gasteiger partial charge on any atom is 0.323 e. The van der Waals surface area contributed by atoms with Gasteiger partial charge in [0.25, 0.3) is 0 Å². The number of nitrogens with two attached hydrogens (primary N) is 1. The summed E-state index contributed by atoms with van der Waals surface area (Å²) in [6.45, 7) is -0.231. The van der Waals surface area contributed by atoms with E-state index in [4.69, 9.17) is 17.3 Å². The molecule has 1 aliphatic rings. The predicted octanol–water partition coefficient (Wildman–Crippen LogP) is -0.534. The number of carboxylic acid groups (broad SMARTS) is 1. The van der Waals surface area contributed by atoms with E-state index in [-0.39, 0.29) is 6.54 Å². The predicted molar refractivity (Wildman–Crippen MR) is 67.0 cm³/mol. The number of terminal acetylenes is 1. The quantitative estimate of drug-likeness (QED) is 0.668. The molecular formula is C12H17N3O4. The normalized spacial score (nSPS) is 18.5. The highest BCUT2D eigenvalue weighted by atomic mass is 16.4. The lowest BCUT2D eigenvalue weighted by atomic mass is 10.0. The third-order valence-electron chi connectivity index (χ3n) is 2.96. The molecule has 1 aliphatic heterocycles. The number of aliphatic carboxylic acids is 1. The van der Waals surface area contributed by atoms with Crippen LogP contribution in [-0.4, -0.2) is 58.5 Å². The standard InChI is InChI=1S/C12H17N3O4/c1-2-6-14(8-10(16)17)12(19)15-7-4-3-5-9(15)11(13)18/h1,9H,3-8H2,(H2,13,18)(H,16,17). The first kappa shape index (κ1) is 14.8. The number of hydrogen-bond donors (Lipinski definition) is 2. The third kappa shape index (κ3) is 3.88. The SMILES string of the molecule is C#CCN(CC(=O)O)C(=O)N1CCCCC1C(N)=O. The van der Waals surface area contributed by atoms with E-state index in [0.29, 0.717) is 13.0 Å².